The molecule has 14 heavy (non-hydrogen) atoms. The normalized spacial score (nSPS) is 18.4. The SMILES string of the molecule is CCOc1cnc(C2CCNCC2)o1. The second-order valence-corrected chi connectivity index (χ2v) is 3.47. The highest BCUT2D eigenvalue weighted by Crippen LogP contribution is 2.26. The minimum atomic E-state index is 0.463. The molecule has 0 saturated carbocycles. The second-order valence-electron chi connectivity index (χ2n) is 3.47. The maximum atomic E-state index is 5.50. The Hall–Kier alpha value is -1.03. The zero-order valence-electron chi connectivity index (χ0n) is 8.45. The molecular formula is C10H16N2O2. The molecule has 0 bridgehead atoms. The predicted octanol–water partition coefficient (Wildman–Crippen LogP) is 1.54. The van der Waals surface area contributed by atoms with Crippen LogP contribution in [0.15, 0.2) is 10.6 Å². The lowest BCUT2D eigenvalue weighted by molar-refractivity contribution is 0.240. The van der Waals surface area contributed by atoms with E-state index in [1.807, 2.05) is 6.92 Å². The van der Waals surface area contributed by atoms with Gasteiger partial charge in [-0.05, 0) is 32.9 Å². The van der Waals surface area contributed by atoms with Crippen LogP contribution < -0.4 is 10.1 Å². The molecule has 1 saturated heterocycles. The number of oxazole rings is 1. The van der Waals surface area contributed by atoms with Crippen molar-refractivity contribution in [3.63, 3.8) is 0 Å². The van der Waals surface area contributed by atoms with Crippen molar-refractivity contribution in [3.8, 4) is 5.95 Å². The molecule has 1 aromatic rings. The highest BCUT2D eigenvalue weighted by Gasteiger charge is 2.20. The van der Waals surface area contributed by atoms with Crippen molar-refractivity contribution in [2.45, 2.75) is 25.7 Å². The summed E-state index contributed by atoms with van der Waals surface area (Å²) in [6, 6.07) is 0. The van der Waals surface area contributed by atoms with E-state index in [-0.39, 0.29) is 0 Å². The molecule has 2 rings (SSSR count). The van der Waals surface area contributed by atoms with Crippen LogP contribution in [0.5, 0.6) is 5.95 Å². The molecule has 4 nitrogen and oxygen atoms in total. The molecular weight excluding hydrogens is 180 g/mol. The van der Waals surface area contributed by atoms with Crippen molar-refractivity contribution in [1.29, 1.82) is 0 Å². The van der Waals surface area contributed by atoms with Gasteiger partial charge in [-0.3, -0.25) is 0 Å². The monoisotopic (exact) mass is 196 g/mol. The molecule has 1 N–H and O–H groups in total. The summed E-state index contributed by atoms with van der Waals surface area (Å²) in [4.78, 5) is 4.24. The van der Waals surface area contributed by atoms with E-state index in [2.05, 4.69) is 10.3 Å². The van der Waals surface area contributed by atoms with Crippen molar-refractivity contribution in [2.75, 3.05) is 19.7 Å². The first-order valence-corrected chi connectivity index (χ1v) is 5.19. The van der Waals surface area contributed by atoms with Crippen LogP contribution in [-0.4, -0.2) is 24.7 Å². The third-order valence-corrected chi connectivity index (χ3v) is 2.48. The van der Waals surface area contributed by atoms with E-state index in [4.69, 9.17) is 9.15 Å². The molecule has 2 heterocycles. The zero-order chi connectivity index (χ0) is 9.80. The molecule has 0 atom stereocenters. The Bertz CT molecular complexity index is 279. The van der Waals surface area contributed by atoms with Crippen LogP contribution in [0.3, 0.4) is 0 Å². The Morgan fingerprint density at radius 2 is 2.36 bits per heavy atom. The van der Waals surface area contributed by atoms with E-state index >= 15 is 0 Å². The van der Waals surface area contributed by atoms with Crippen LogP contribution in [0.25, 0.3) is 0 Å². The van der Waals surface area contributed by atoms with Gasteiger partial charge in [-0.2, -0.15) is 0 Å². The zero-order valence-corrected chi connectivity index (χ0v) is 8.45. The van der Waals surface area contributed by atoms with E-state index in [0.29, 0.717) is 18.5 Å². The maximum Gasteiger partial charge on any atom is 0.305 e. The summed E-state index contributed by atoms with van der Waals surface area (Å²) in [7, 11) is 0. The van der Waals surface area contributed by atoms with Gasteiger partial charge in [0.25, 0.3) is 0 Å². The molecule has 0 spiro atoms. The molecule has 1 aliphatic heterocycles. The summed E-state index contributed by atoms with van der Waals surface area (Å²) < 4.78 is 10.7. The number of aromatic nitrogens is 1. The van der Waals surface area contributed by atoms with Gasteiger partial charge in [-0.15, -0.1) is 0 Å². The van der Waals surface area contributed by atoms with Gasteiger partial charge in [-0.1, -0.05) is 0 Å². The standard InChI is InChI=1S/C10H16N2O2/c1-2-13-9-7-12-10(14-9)8-3-5-11-6-4-8/h7-8,11H,2-6H2,1H3. The average molecular weight is 196 g/mol. The van der Waals surface area contributed by atoms with E-state index in [1.54, 1.807) is 6.20 Å². The molecule has 0 aliphatic carbocycles. The van der Waals surface area contributed by atoms with Gasteiger partial charge < -0.3 is 14.5 Å². The highest BCUT2D eigenvalue weighted by molar-refractivity contribution is 5.04. The van der Waals surface area contributed by atoms with Crippen LogP contribution >= 0.6 is 0 Å². The van der Waals surface area contributed by atoms with Gasteiger partial charge in [0.1, 0.15) is 6.20 Å². The van der Waals surface area contributed by atoms with Crippen LogP contribution in [0.2, 0.25) is 0 Å². The van der Waals surface area contributed by atoms with Crippen molar-refractivity contribution in [3.05, 3.63) is 12.1 Å². The first-order chi connectivity index (χ1) is 6.90. The molecule has 0 aromatic carbocycles. The molecule has 0 unspecified atom stereocenters. The van der Waals surface area contributed by atoms with Crippen LogP contribution in [-0.2, 0) is 0 Å². The fraction of sp³-hybridized carbons (Fsp3) is 0.700. The van der Waals surface area contributed by atoms with Gasteiger partial charge in [0.15, 0.2) is 0 Å². The topological polar surface area (TPSA) is 47.3 Å². The largest absolute Gasteiger partial charge is 0.464 e. The highest BCUT2D eigenvalue weighted by atomic mass is 16.6. The van der Waals surface area contributed by atoms with Crippen molar-refractivity contribution in [1.82, 2.24) is 10.3 Å². The van der Waals surface area contributed by atoms with Crippen molar-refractivity contribution >= 4 is 0 Å². The Kier molecular flexibility index (Phi) is 3.03. The smallest absolute Gasteiger partial charge is 0.305 e. The molecule has 1 aliphatic rings. The van der Waals surface area contributed by atoms with Gasteiger partial charge in [0, 0.05) is 5.92 Å². The van der Waals surface area contributed by atoms with Crippen molar-refractivity contribution < 1.29 is 9.15 Å². The summed E-state index contributed by atoms with van der Waals surface area (Å²) in [5.41, 5.74) is 0. The third-order valence-electron chi connectivity index (χ3n) is 2.48. The Morgan fingerprint density at radius 3 is 3.07 bits per heavy atom. The summed E-state index contributed by atoms with van der Waals surface area (Å²) >= 11 is 0. The second kappa shape index (κ2) is 4.46. The number of nitrogens with one attached hydrogen (secondary N) is 1. The Balaban J connectivity index is 2.00. The van der Waals surface area contributed by atoms with Gasteiger partial charge in [0.2, 0.25) is 5.89 Å². The molecule has 4 heteroatoms. The van der Waals surface area contributed by atoms with E-state index in [1.165, 1.54) is 0 Å². The number of rotatable bonds is 3. The number of hydrogen-bond donors (Lipinski definition) is 1. The first kappa shape index (κ1) is 9.52. The van der Waals surface area contributed by atoms with E-state index < -0.39 is 0 Å². The van der Waals surface area contributed by atoms with Gasteiger partial charge >= 0.3 is 5.95 Å². The number of ether oxygens (including phenoxy) is 1. The first-order valence-electron chi connectivity index (χ1n) is 5.19. The minimum Gasteiger partial charge on any atom is -0.464 e. The summed E-state index contributed by atoms with van der Waals surface area (Å²) in [6.45, 7) is 4.67. The van der Waals surface area contributed by atoms with Crippen LogP contribution in [0.4, 0.5) is 0 Å². The van der Waals surface area contributed by atoms with Crippen LogP contribution in [0, 0.1) is 0 Å². The lowest BCUT2D eigenvalue weighted by atomic mass is 9.98. The Labute approximate surface area is 83.7 Å². The predicted molar refractivity (Wildman–Crippen MR) is 52.5 cm³/mol. The van der Waals surface area contributed by atoms with Crippen LogP contribution in [0.1, 0.15) is 31.6 Å². The van der Waals surface area contributed by atoms with E-state index in [0.717, 1.165) is 31.8 Å². The summed E-state index contributed by atoms with van der Waals surface area (Å²) in [5.74, 6) is 1.83. The fourth-order valence-corrected chi connectivity index (χ4v) is 1.74. The van der Waals surface area contributed by atoms with E-state index in [9.17, 15) is 0 Å². The third kappa shape index (κ3) is 2.07. The lowest BCUT2D eigenvalue weighted by Crippen LogP contribution is -2.26. The number of hydrogen-bond acceptors (Lipinski definition) is 4. The minimum absolute atomic E-state index is 0.463. The molecule has 0 amide bonds. The quantitative estimate of drug-likeness (QED) is 0.796. The fourth-order valence-electron chi connectivity index (χ4n) is 1.74. The summed E-state index contributed by atoms with van der Waals surface area (Å²) in [6.07, 6.45) is 3.87. The maximum absolute atomic E-state index is 5.50. The number of nitrogens with zero attached hydrogens (tertiary/aromatic N) is 1. The molecule has 1 aromatic heterocycles. The number of piperidine rings is 1. The Morgan fingerprint density at radius 1 is 1.57 bits per heavy atom. The average Bonchev–Trinajstić information content (AvgIpc) is 2.68. The molecule has 78 valence electrons. The molecule has 1 fully saturated rings. The van der Waals surface area contributed by atoms with Gasteiger partial charge in [-0.25, -0.2) is 4.98 Å². The molecule has 0 radical (unpaired) electrons. The summed E-state index contributed by atoms with van der Waals surface area (Å²) in [5, 5.41) is 3.32. The van der Waals surface area contributed by atoms with Gasteiger partial charge in [0.05, 0.1) is 6.61 Å². The lowest BCUT2D eigenvalue weighted by Gasteiger charge is -2.19. The van der Waals surface area contributed by atoms with Crippen molar-refractivity contribution in [2.24, 2.45) is 0 Å².